The van der Waals surface area contributed by atoms with Crippen molar-refractivity contribution < 1.29 is 5.11 Å². The molecule has 0 fully saturated rings. The third-order valence-electron chi connectivity index (χ3n) is 2.21. The highest BCUT2D eigenvalue weighted by atomic mass is 35.5. The van der Waals surface area contributed by atoms with E-state index in [9.17, 15) is 0 Å². The summed E-state index contributed by atoms with van der Waals surface area (Å²) < 4.78 is 0. The monoisotopic (exact) mass is 243 g/mol. The zero-order valence-corrected chi connectivity index (χ0v) is 9.81. The maximum atomic E-state index is 9.10. The van der Waals surface area contributed by atoms with E-state index >= 15 is 0 Å². The smallest absolute Gasteiger partial charge is 0.0816 e. The van der Waals surface area contributed by atoms with E-state index in [0.29, 0.717) is 16.5 Å². The molecule has 0 aromatic heterocycles. The van der Waals surface area contributed by atoms with Gasteiger partial charge in [-0.2, -0.15) is 5.26 Å². The number of benzene rings is 1. The van der Waals surface area contributed by atoms with Crippen LogP contribution < -0.4 is 0 Å². The topological polar surface area (TPSA) is 44.0 Å². The second-order valence-electron chi connectivity index (χ2n) is 3.74. The highest BCUT2D eigenvalue weighted by Crippen LogP contribution is 2.27. The van der Waals surface area contributed by atoms with Gasteiger partial charge >= 0.3 is 0 Å². The molecule has 0 amide bonds. The molecule has 0 aliphatic carbocycles. The fourth-order valence-corrected chi connectivity index (χ4v) is 1.69. The number of hydrogen-bond donors (Lipinski definition) is 1. The van der Waals surface area contributed by atoms with Crippen LogP contribution in [0.3, 0.4) is 0 Å². The molecule has 1 rings (SSSR count). The Morgan fingerprint density at radius 2 is 2.13 bits per heavy atom. The van der Waals surface area contributed by atoms with Crippen LogP contribution in [-0.2, 0) is 6.42 Å². The Morgan fingerprint density at radius 3 is 2.60 bits per heavy atom. The van der Waals surface area contributed by atoms with Crippen molar-refractivity contribution in [1.82, 2.24) is 0 Å². The minimum absolute atomic E-state index is 0.192. The van der Waals surface area contributed by atoms with Gasteiger partial charge in [-0.3, -0.25) is 0 Å². The van der Waals surface area contributed by atoms with Gasteiger partial charge in [-0.25, -0.2) is 0 Å². The van der Waals surface area contributed by atoms with Crippen LogP contribution in [0.4, 0.5) is 0 Å². The Morgan fingerprint density at radius 1 is 1.47 bits per heavy atom. The molecule has 0 aliphatic rings. The zero-order chi connectivity index (χ0) is 11.5. The molecule has 1 aromatic carbocycles. The van der Waals surface area contributed by atoms with Crippen LogP contribution >= 0.6 is 23.2 Å². The summed E-state index contributed by atoms with van der Waals surface area (Å²) >= 11 is 11.7. The van der Waals surface area contributed by atoms with Gasteiger partial charge in [0.1, 0.15) is 0 Å². The lowest BCUT2D eigenvalue weighted by Crippen LogP contribution is -2.22. The molecule has 80 valence electrons. The highest BCUT2D eigenvalue weighted by molar-refractivity contribution is 6.35. The molecule has 1 atom stereocenters. The average molecular weight is 244 g/mol. The first kappa shape index (κ1) is 12.3. The fourth-order valence-electron chi connectivity index (χ4n) is 1.22. The quantitative estimate of drug-likeness (QED) is 0.887. The molecule has 4 heteroatoms. The molecule has 0 radical (unpaired) electrons. The van der Waals surface area contributed by atoms with Crippen LogP contribution in [0.25, 0.3) is 0 Å². The Labute approximate surface area is 99.0 Å². The molecule has 0 bridgehead atoms. The van der Waals surface area contributed by atoms with Gasteiger partial charge in [0.25, 0.3) is 0 Å². The largest absolute Gasteiger partial charge is 0.395 e. The molecule has 1 aromatic rings. The van der Waals surface area contributed by atoms with E-state index < -0.39 is 5.41 Å². The third kappa shape index (κ3) is 3.10. The summed E-state index contributed by atoms with van der Waals surface area (Å²) in [5.41, 5.74) is 0.0245. The first-order valence-electron chi connectivity index (χ1n) is 4.47. The predicted molar refractivity (Wildman–Crippen MR) is 61.0 cm³/mol. The number of halogens is 2. The summed E-state index contributed by atoms with van der Waals surface area (Å²) in [6, 6.07) is 7.20. The molecule has 0 aliphatic heterocycles. The first-order valence-corrected chi connectivity index (χ1v) is 5.22. The van der Waals surface area contributed by atoms with Crippen molar-refractivity contribution in [1.29, 1.82) is 5.26 Å². The van der Waals surface area contributed by atoms with Gasteiger partial charge in [-0.05, 0) is 31.0 Å². The van der Waals surface area contributed by atoms with Gasteiger partial charge < -0.3 is 5.11 Å². The highest BCUT2D eigenvalue weighted by Gasteiger charge is 2.24. The van der Waals surface area contributed by atoms with E-state index in [1.54, 1.807) is 25.1 Å². The molecular formula is C11H11Cl2NO. The molecule has 0 saturated heterocycles. The Balaban J connectivity index is 2.95. The standard InChI is InChI=1S/C11H11Cl2NO/c1-11(6-14,7-15)5-8-2-3-9(12)4-10(8)13/h2-4,15H,5,7H2,1H3. The van der Waals surface area contributed by atoms with Crippen LogP contribution in [0.5, 0.6) is 0 Å². The van der Waals surface area contributed by atoms with E-state index in [-0.39, 0.29) is 6.61 Å². The lowest BCUT2D eigenvalue weighted by Gasteiger charge is -2.18. The maximum Gasteiger partial charge on any atom is 0.0816 e. The van der Waals surface area contributed by atoms with Crippen LogP contribution in [0.1, 0.15) is 12.5 Å². The van der Waals surface area contributed by atoms with Gasteiger partial charge in [0.15, 0.2) is 0 Å². The second-order valence-corrected chi connectivity index (χ2v) is 4.59. The van der Waals surface area contributed by atoms with E-state index in [0.717, 1.165) is 5.56 Å². The second kappa shape index (κ2) is 4.85. The van der Waals surface area contributed by atoms with Crippen molar-refractivity contribution in [2.24, 2.45) is 5.41 Å². The summed E-state index contributed by atoms with van der Waals surface area (Å²) in [4.78, 5) is 0. The van der Waals surface area contributed by atoms with Crippen molar-refractivity contribution in [2.75, 3.05) is 6.61 Å². The number of nitrogens with zero attached hydrogens (tertiary/aromatic N) is 1. The van der Waals surface area contributed by atoms with E-state index in [1.165, 1.54) is 0 Å². The van der Waals surface area contributed by atoms with Crippen LogP contribution in [0.15, 0.2) is 18.2 Å². The fraction of sp³-hybridized carbons (Fsp3) is 0.364. The average Bonchev–Trinajstić information content (AvgIpc) is 2.22. The van der Waals surface area contributed by atoms with Crippen molar-refractivity contribution in [2.45, 2.75) is 13.3 Å². The predicted octanol–water partition coefficient (Wildman–Crippen LogP) is 3.06. The minimum Gasteiger partial charge on any atom is -0.395 e. The first-order chi connectivity index (χ1) is 7.00. The van der Waals surface area contributed by atoms with Gasteiger partial charge in [0.05, 0.1) is 18.1 Å². The van der Waals surface area contributed by atoms with Gasteiger partial charge in [-0.15, -0.1) is 0 Å². The summed E-state index contributed by atoms with van der Waals surface area (Å²) in [6.45, 7) is 1.50. The van der Waals surface area contributed by atoms with Gasteiger partial charge in [-0.1, -0.05) is 29.3 Å². The number of aliphatic hydroxyl groups excluding tert-OH is 1. The SMILES string of the molecule is CC(C#N)(CO)Cc1ccc(Cl)cc1Cl. The molecule has 0 heterocycles. The summed E-state index contributed by atoms with van der Waals surface area (Å²) in [7, 11) is 0. The Bertz CT molecular complexity index is 400. The van der Waals surface area contributed by atoms with E-state index in [2.05, 4.69) is 6.07 Å². The number of aliphatic hydroxyl groups is 1. The van der Waals surface area contributed by atoms with Gasteiger partial charge in [0, 0.05) is 10.0 Å². The minimum atomic E-state index is -0.794. The van der Waals surface area contributed by atoms with E-state index in [4.69, 9.17) is 33.6 Å². The normalized spacial score (nSPS) is 14.3. The number of rotatable bonds is 3. The molecule has 1 N–H and O–H groups in total. The summed E-state index contributed by atoms with van der Waals surface area (Å²) in [5.74, 6) is 0. The number of hydrogen-bond acceptors (Lipinski definition) is 2. The van der Waals surface area contributed by atoms with Gasteiger partial charge in [0.2, 0.25) is 0 Å². The number of nitriles is 1. The van der Waals surface area contributed by atoms with Crippen molar-refractivity contribution in [3.05, 3.63) is 33.8 Å². The maximum absolute atomic E-state index is 9.10. The van der Waals surface area contributed by atoms with E-state index in [1.807, 2.05) is 0 Å². The molecular weight excluding hydrogens is 233 g/mol. The van der Waals surface area contributed by atoms with Crippen molar-refractivity contribution in [3.8, 4) is 6.07 Å². The molecule has 1 unspecified atom stereocenters. The molecule has 2 nitrogen and oxygen atoms in total. The Hall–Kier alpha value is -0.750. The molecule has 0 spiro atoms. The van der Waals surface area contributed by atoms with Crippen molar-refractivity contribution in [3.63, 3.8) is 0 Å². The zero-order valence-electron chi connectivity index (χ0n) is 8.30. The van der Waals surface area contributed by atoms with Crippen LogP contribution in [0, 0.1) is 16.7 Å². The lowest BCUT2D eigenvalue weighted by atomic mass is 9.86. The van der Waals surface area contributed by atoms with Crippen LogP contribution in [0.2, 0.25) is 10.0 Å². The Kier molecular flexibility index (Phi) is 3.98. The molecule has 0 saturated carbocycles. The molecule has 15 heavy (non-hydrogen) atoms. The van der Waals surface area contributed by atoms with Crippen molar-refractivity contribution >= 4 is 23.2 Å². The lowest BCUT2D eigenvalue weighted by molar-refractivity contribution is 0.190. The summed E-state index contributed by atoms with van der Waals surface area (Å²) in [6.07, 6.45) is 0.413. The third-order valence-corrected chi connectivity index (χ3v) is 2.80. The van der Waals surface area contributed by atoms with Crippen LogP contribution in [-0.4, -0.2) is 11.7 Å². The summed E-state index contributed by atoms with van der Waals surface area (Å²) in [5, 5.41) is 19.1.